The number of carboxylic acid groups (broad SMARTS) is 1. The van der Waals surface area contributed by atoms with Crippen molar-refractivity contribution in [2.24, 2.45) is 0 Å². The first-order chi connectivity index (χ1) is 24.0. The molecule has 278 valence electrons. The normalized spacial score (nSPS) is 19.5. The summed E-state index contributed by atoms with van der Waals surface area (Å²) in [4.78, 5) is 12.6. The van der Waals surface area contributed by atoms with Crippen LogP contribution in [0.3, 0.4) is 0 Å². The lowest BCUT2D eigenvalue weighted by Crippen LogP contribution is -2.30. The first-order valence-electron chi connectivity index (χ1n) is 16.9. The molecule has 0 aliphatic carbocycles. The Morgan fingerprint density at radius 3 is 2.20 bits per heavy atom. The van der Waals surface area contributed by atoms with E-state index < -0.39 is 37.0 Å². The molecular formula is C37H47N2O10S2-. The fourth-order valence-corrected chi connectivity index (χ4v) is 7.94. The smallest absolute Gasteiger partial charge is 0.303 e. The molecule has 2 aromatic carbocycles. The second kappa shape index (κ2) is 16.3. The number of hydrogen-bond acceptors (Lipinski definition) is 10. The van der Waals surface area contributed by atoms with Gasteiger partial charge in [0.05, 0.1) is 28.4 Å². The third kappa shape index (κ3) is 9.05. The molecule has 2 aliphatic rings. The van der Waals surface area contributed by atoms with Crippen LogP contribution in [0.15, 0.2) is 82.3 Å². The van der Waals surface area contributed by atoms with Crippen molar-refractivity contribution in [3.8, 4) is 0 Å². The quantitative estimate of drug-likeness (QED) is 0.0900. The summed E-state index contributed by atoms with van der Waals surface area (Å²) in [6, 6.07) is 8.90. The summed E-state index contributed by atoms with van der Waals surface area (Å²) in [6.45, 7) is 10.3. The minimum absolute atomic E-state index is 0.0743. The van der Waals surface area contributed by atoms with Crippen molar-refractivity contribution in [2.75, 3.05) is 44.9 Å². The molecule has 0 spiro atoms. The van der Waals surface area contributed by atoms with Gasteiger partial charge in [-0.25, -0.2) is 16.8 Å². The third-order valence-electron chi connectivity index (χ3n) is 9.65. The Labute approximate surface area is 301 Å². The molecule has 0 fully saturated rings. The van der Waals surface area contributed by atoms with Gasteiger partial charge in [0, 0.05) is 61.2 Å². The Morgan fingerprint density at radius 1 is 0.902 bits per heavy atom. The van der Waals surface area contributed by atoms with Gasteiger partial charge >= 0.3 is 5.97 Å². The standard InChI is InChI=1S/C37H48N2O10S2/c1-6-38-31-18-16-27(50(42,43)44)25-29(31)36(2,3)33(38)13-9-7-10-14-34-37(4,20-22-49-24-23-48-5)30-26-28(51(45,46)47)17-19-32(30)39(34)21-12-8-11-15-35(40)41/h7,9-10,13-14,16-19,25-26H,6,8,11-12,15,20-24H2,1-5H3,(H2-,40,41,42,43,44,45,46,47)/p-1. The van der Waals surface area contributed by atoms with E-state index in [2.05, 4.69) is 9.48 Å². The van der Waals surface area contributed by atoms with Gasteiger partial charge in [0.25, 0.3) is 0 Å². The van der Waals surface area contributed by atoms with Crippen molar-refractivity contribution >= 4 is 43.3 Å². The second-order valence-electron chi connectivity index (χ2n) is 13.4. The minimum Gasteiger partial charge on any atom is -0.744 e. The van der Waals surface area contributed by atoms with E-state index in [4.69, 9.17) is 14.6 Å². The Bertz CT molecular complexity index is 1960. The fourth-order valence-electron chi connectivity index (χ4n) is 6.94. The second-order valence-corrected chi connectivity index (χ2v) is 16.1. The van der Waals surface area contributed by atoms with Crippen LogP contribution in [0, 0.1) is 0 Å². The SMILES string of the molecule is CC[N+]1=C(C=CC=CC=C2N(CCCCCC(=O)O)c3ccc(S(=O)(=O)[O-])cc3C2(C)CCOCCOC)C(C)(C)c2cc(S(=O)(=O)[O-])ccc21. The molecule has 1 N–H and O–H groups in total. The summed E-state index contributed by atoms with van der Waals surface area (Å²) in [5.74, 6) is -0.849. The van der Waals surface area contributed by atoms with Crippen molar-refractivity contribution in [3.05, 3.63) is 83.6 Å². The van der Waals surface area contributed by atoms with Crippen LogP contribution in [0.1, 0.15) is 70.9 Å². The molecule has 2 aliphatic heterocycles. The number of aliphatic carboxylic acids is 1. The molecule has 0 aromatic heterocycles. The van der Waals surface area contributed by atoms with Gasteiger partial charge in [0.1, 0.15) is 26.8 Å². The van der Waals surface area contributed by atoms with Crippen LogP contribution < -0.4 is 4.90 Å². The van der Waals surface area contributed by atoms with Crippen LogP contribution in [0.4, 0.5) is 11.4 Å². The Hall–Kier alpha value is -3.66. The lowest BCUT2D eigenvalue weighted by Gasteiger charge is -2.30. The van der Waals surface area contributed by atoms with E-state index >= 15 is 0 Å². The zero-order valence-electron chi connectivity index (χ0n) is 29.8. The van der Waals surface area contributed by atoms with Gasteiger partial charge in [-0.15, -0.1) is 0 Å². The topological polar surface area (TPSA) is 176 Å². The molecule has 1 atom stereocenters. The first-order valence-corrected chi connectivity index (χ1v) is 19.8. The maximum Gasteiger partial charge on any atom is 0.303 e. The summed E-state index contributed by atoms with van der Waals surface area (Å²) in [5.41, 5.74) is 3.53. The summed E-state index contributed by atoms with van der Waals surface area (Å²) in [5, 5.41) is 9.08. The lowest BCUT2D eigenvalue weighted by atomic mass is 9.78. The Morgan fingerprint density at radius 2 is 1.57 bits per heavy atom. The molecule has 0 amide bonds. The zero-order chi connectivity index (χ0) is 37.6. The number of allylic oxidation sites excluding steroid dienone is 6. The maximum absolute atomic E-state index is 12.1. The fraction of sp³-hybridized carbons (Fsp3) is 0.459. The first kappa shape index (κ1) is 40.1. The molecule has 14 heteroatoms. The van der Waals surface area contributed by atoms with Crippen molar-refractivity contribution in [3.63, 3.8) is 0 Å². The zero-order valence-corrected chi connectivity index (χ0v) is 31.4. The van der Waals surface area contributed by atoms with Crippen LogP contribution >= 0.6 is 0 Å². The average molecular weight is 744 g/mol. The van der Waals surface area contributed by atoms with Crippen molar-refractivity contribution in [1.82, 2.24) is 0 Å². The maximum atomic E-state index is 12.1. The Kier molecular flexibility index (Phi) is 12.9. The van der Waals surface area contributed by atoms with Crippen molar-refractivity contribution in [1.29, 1.82) is 0 Å². The van der Waals surface area contributed by atoms with Gasteiger partial charge < -0.3 is 28.6 Å². The number of hydrogen-bond donors (Lipinski definition) is 1. The highest BCUT2D eigenvalue weighted by Gasteiger charge is 2.45. The van der Waals surface area contributed by atoms with Gasteiger partial charge in [-0.2, -0.15) is 4.58 Å². The number of carbonyl (C=O) groups is 1. The number of benzene rings is 2. The van der Waals surface area contributed by atoms with Gasteiger partial charge in [-0.05, 0) is 88.9 Å². The molecule has 51 heavy (non-hydrogen) atoms. The molecule has 0 saturated heterocycles. The lowest BCUT2D eigenvalue weighted by molar-refractivity contribution is -0.433. The molecule has 1 unspecified atom stereocenters. The van der Waals surface area contributed by atoms with Crippen LogP contribution in [0.25, 0.3) is 0 Å². The highest BCUT2D eigenvalue weighted by Crippen LogP contribution is 2.51. The van der Waals surface area contributed by atoms with Gasteiger partial charge in [0.2, 0.25) is 5.69 Å². The largest absolute Gasteiger partial charge is 0.744 e. The molecule has 0 saturated carbocycles. The number of methoxy groups -OCH3 is 1. The number of ether oxygens (including phenoxy) is 2. The molecule has 2 heterocycles. The number of rotatable bonds is 18. The monoisotopic (exact) mass is 743 g/mol. The molecule has 4 rings (SSSR count). The number of carboxylic acids is 1. The van der Waals surface area contributed by atoms with Gasteiger partial charge in [-0.3, -0.25) is 4.79 Å². The summed E-state index contributed by atoms with van der Waals surface area (Å²) >= 11 is 0. The van der Waals surface area contributed by atoms with E-state index in [1.165, 1.54) is 24.3 Å². The van der Waals surface area contributed by atoms with E-state index in [1.807, 2.05) is 58.1 Å². The number of unbranched alkanes of at least 4 members (excludes halogenated alkanes) is 2. The molecular weight excluding hydrogens is 697 g/mol. The molecule has 2 aromatic rings. The van der Waals surface area contributed by atoms with Crippen LogP contribution in [0.2, 0.25) is 0 Å². The average Bonchev–Trinajstić information content (AvgIpc) is 3.42. The van der Waals surface area contributed by atoms with Gasteiger partial charge in [-0.1, -0.05) is 24.6 Å². The third-order valence-corrected chi connectivity index (χ3v) is 11.3. The van der Waals surface area contributed by atoms with E-state index in [9.17, 15) is 30.7 Å². The molecule has 0 radical (unpaired) electrons. The summed E-state index contributed by atoms with van der Waals surface area (Å²) in [6.07, 6.45) is 12.0. The Balaban J connectivity index is 1.70. The minimum atomic E-state index is -4.72. The van der Waals surface area contributed by atoms with Crippen molar-refractivity contribution in [2.45, 2.75) is 80.4 Å². The van der Waals surface area contributed by atoms with Crippen LogP contribution in [0.5, 0.6) is 0 Å². The molecule has 0 bridgehead atoms. The summed E-state index contributed by atoms with van der Waals surface area (Å²) < 4.78 is 84.5. The number of fused-ring (bicyclic) bond motifs is 2. The van der Waals surface area contributed by atoms with E-state index in [0.29, 0.717) is 64.2 Å². The predicted octanol–water partition coefficient (Wildman–Crippen LogP) is 5.36. The number of anilines is 1. The molecule has 12 nitrogen and oxygen atoms in total. The van der Waals surface area contributed by atoms with Crippen LogP contribution in [-0.4, -0.2) is 87.3 Å². The van der Waals surface area contributed by atoms with Gasteiger partial charge in [0.15, 0.2) is 5.71 Å². The van der Waals surface area contributed by atoms with Crippen LogP contribution in [-0.2, 0) is 45.3 Å². The summed E-state index contributed by atoms with van der Waals surface area (Å²) in [7, 11) is -7.75. The van der Waals surface area contributed by atoms with E-state index in [0.717, 1.165) is 28.3 Å². The highest BCUT2D eigenvalue weighted by molar-refractivity contribution is 7.86. The van der Waals surface area contributed by atoms with Crippen molar-refractivity contribution < 1.29 is 49.9 Å². The highest BCUT2D eigenvalue weighted by atomic mass is 32.2. The van der Waals surface area contributed by atoms with E-state index in [1.54, 1.807) is 19.2 Å². The van der Waals surface area contributed by atoms with E-state index in [-0.39, 0.29) is 16.2 Å². The number of nitrogens with zero attached hydrogens (tertiary/aromatic N) is 2. The predicted molar refractivity (Wildman–Crippen MR) is 192 cm³/mol.